The molecule has 20 heavy (non-hydrogen) atoms. The zero-order valence-corrected chi connectivity index (χ0v) is 12.7. The summed E-state index contributed by atoms with van der Waals surface area (Å²) in [5, 5.41) is 3.69. The molecule has 0 atom stereocenters. The number of nitrogens with zero attached hydrogens (tertiary/aromatic N) is 2. The van der Waals surface area contributed by atoms with Crippen LogP contribution in [0.4, 0.5) is 0 Å². The molecular formula is C17H25N3. The van der Waals surface area contributed by atoms with Gasteiger partial charge in [-0.05, 0) is 43.7 Å². The van der Waals surface area contributed by atoms with Gasteiger partial charge >= 0.3 is 0 Å². The Morgan fingerprint density at radius 1 is 1.30 bits per heavy atom. The summed E-state index contributed by atoms with van der Waals surface area (Å²) in [5.41, 5.74) is 4.03. The smallest absolute Gasteiger partial charge is 0.137 e. The maximum Gasteiger partial charge on any atom is 0.137 e. The van der Waals surface area contributed by atoms with E-state index in [4.69, 9.17) is 0 Å². The van der Waals surface area contributed by atoms with E-state index in [1.165, 1.54) is 37.8 Å². The van der Waals surface area contributed by atoms with Crippen molar-refractivity contribution in [1.82, 2.24) is 14.7 Å². The van der Waals surface area contributed by atoms with E-state index in [0.717, 1.165) is 24.4 Å². The first-order chi connectivity index (χ1) is 9.74. The number of fused-ring (bicyclic) bond motifs is 1. The van der Waals surface area contributed by atoms with Crippen LogP contribution in [0.5, 0.6) is 0 Å². The molecule has 0 saturated heterocycles. The van der Waals surface area contributed by atoms with Crippen LogP contribution in [0.25, 0.3) is 5.65 Å². The van der Waals surface area contributed by atoms with E-state index < -0.39 is 0 Å². The Morgan fingerprint density at radius 3 is 2.85 bits per heavy atom. The van der Waals surface area contributed by atoms with Gasteiger partial charge in [0.05, 0.1) is 11.4 Å². The van der Waals surface area contributed by atoms with Crippen LogP contribution in [0, 0.1) is 12.3 Å². The van der Waals surface area contributed by atoms with Crippen LogP contribution < -0.4 is 5.32 Å². The Labute approximate surface area is 121 Å². The Balaban J connectivity index is 1.69. The predicted octanol–water partition coefficient (Wildman–Crippen LogP) is 3.70. The van der Waals surface area contributed by atoms with Crippen molar-refractivity contribution in [2.45, 2.75) is 52.5 Å². The lowest BCUT2D eigenvalue weighted by molar-refractivity contribution is 0.267. The maximum atomic E-state index is 4.62. The molecule has 0 aliphatic heterocycles. The van der Waals surface area contributed by atoms with Crippen molar-refractivity contribution in [3.63, 3.8) is 0 Å². The molecule has 1 N–H and O–H groups in total. The third kappa shape index (κ3) is 2.47. The van der Waals surface area contributed by atoms with Crippen molar-refractivity contribution in [1.29, 1.82) is 0 Å². The first kappa shape index (κ1) is 13.6. The van der Waals surface area contributed by atoms with Crippen LogP contribution in [0.15, 0.2) is 24.4 Å². The molecule has 1 aliphatic carbocycles. The molecule has 0 amide bonds. The fraction of sp³-hybridized carbons (Fsp3) is 0.588. The summed E-state index contributed by atoms with van der Waals surface area (Å²) in [4.78, 5) is 4.62. The number of hydrogen-bond acceptors (Lipinski definition) is 2. The third-order valence-electron chi connectivity index (χ3n) is 5.04. The molecule has 1 fully saturated rings. The number of aromatic nitrogens is 2. The lowest BCUT2D eigenvalue weighted by Gasteiger charge is -2.27. The molecule has 2 aromatic heterocycles. The Kier molecular flexibility index (Phi) is 3.79. The van der Waals surface area contributed by atoms with Crippen molar-refractivity contribution < 1.29 is 0 Å². The second-order valence-electron chi connectivity index (χ2n) is 6.24. The fourth-order valence-electron chi connectivity index (χ4n) is 3.60. The highest BCUT2D eigenvalue weighted by Gasteiger charge is 2.31. The quantitative estimate of drug-likeness (QED) is 0.898. The molecule has 2 aromatic rings. The van der Waals surface area contributed by atoms with Gasteiger partial charge in [-0.25, -0.2) is 4.98 Å². The maximum absolute atomic E-state index is 4.62. The van der Waals surface area contributed by atoms with E-state index in [2.05, 4.69) is 46.9 Å². The monoisotopic (exact) mass is 271 g/mol. The highest BCUT2D eigenvalue weighted by Crippen LogP contribution is 2.40. The van der Waals surface area contributed by atoms with Crippen LogP contribution >= 0.6 is 0 Å². The Bertz CT molecular complexity index is 579. The van der Waals surface area contributed by atoms with E-state index in [1.807, 2.05) is 6.07 Å². The molecule has 0 bridgehead atoms. The van der Waals surface area contributed by atoms with Crippen molar-refractivity contribution in [3.05, 3.63) is 35.8 Å². The molecule has 108 valence electrons. The number of nitrogens with one attached hydrogen (secondary N) is 1. The summed E-state index contributed by atoms with van der Waals surface area (Å²) < 4.78 is 2.20. The van der Waals surface area contributed by atoms with E-state index >= 15 is 0 Å². The lowest BCUT2D eigenvalue weighted by atomic mass is 9.83. The second-order valence-corrected chi connectivity index (χ2v) is 6.24. The van der Waals surface area contributed by atoms with Crippen molar-refractivity contribution in [2.24, 2.45) is 5.41 Å². The van der Waals surface area contributed by atoms with Gasteiger partial charge < -0.3 is 9.72 Å². The fourth-order valence-corrected chi connectivity index (χ4v) is 3.60. The largest absolute Gasteiger partial charge is 0.311 e. The number of aryl methyl sites for hydroxylation is 1. The van der Waals surface area contributed by atoms with Crippen molar-refractivity contribution in [2.75, 3.05) is 6.54 Å². The van der Waals surface area contributed by atoms with Crippen LogP contribution in [0.2, 0.25) is 0 Å². The molecule has 0 unspecified atom stereocenters. The van der Waals surface area contributed by atoms with Gasteiger partial charge in [0.1, 0.15) is 5.65 Å². The van der Waals surface area contributed by atoms with Crippen LogP contribution in [0.3, 0.4) is 0 Å². The van der Waals surface area contributed by atoms with Gasteiger partial charge in [0.15, 0.2) is 0 Å². The molecule has 1 saturated carbocycles. The normalized spacial score (nSPS) is 17.9. The average Bonchev–Trinajstić information content (AvgIpc) is 3.05. The summed E-state index contributed by atoms with van der Waals surface area (Å²) in [6, 6.07) is 6.19. The Hall–Kier alpha value is -1.35. The zero-order chi connectivity index (χ0) is 14.0. The van der Waals surface area contributed by atoms with E-state index in [1.54, 1.807) is 0 Å². The molecule has 3 nitrogen and oxygen atoms in total. The SMILES string of the molecule is CCC1(CNCc2c(C)nc3ccccn23)CCCC1. The van der Waals surface area contributed by atoms with Crippen LogP contribution in [0.1, 0.15) is 50.4 Å². The molecule has 2 heterocycles. The summed E-state index contributed by atoms with van der Waals surface area (Å²) in [6.07, 6.45) is 9.00. The molecule has 3 heteroatoms. The van der Waals surface area contributed by atoms with Gasteiger partial charge in [-0.1, -0.05) is 25.8 Å². The van der Waals surface area contributed by atoms with Crippen LogP contribution in [-0.4, -0.2) is 15.9 Å². The van der Waals surface area contributed by atoms with Gasteiger partial charge in [-0.15, -0.1) is 0 Å². The van der Waals surface area contributed by atoms with Crippen molar-refractivity contribution in [3.8, 4) is 0 Å². The molecule has 0 aromatic carbocycles. The average molecular weight is 271 g/mol. The number of pyridine rings is 1. The zero-order valence-electron chi connectivity index (χ0n) is 12.7. The standard InChI is InChI=1S/C17H25N3/c1-3-17(9-5-6-10-17)13-18-12-15-14(2)19-16-8-4-7-11-20(15)16/h4,7-8,11,18H,3,5-6,9-10,12-13H2,1-2H3. The van der Waals surface area contributed by atoms with E-state index in [0.29, 0.717) is 5.41 Å². The summed E-state index contributed by atoms with van der Waals surface area (Å²) in [5.74, 6) is 0. The topological polar surface area (TPSA) is 29.3 Å². The minimum Gasteiger partial charge on any atom is -0.311 e. The van der Waals surface area contributed by atoms with E-state index in [9.17, 15) is 0 Å². The first-order valence-corrected chi connectivity index (χ1v) is 7.87. The number of hydrogen-bond donors (Lipinski definition) is 1. The van der Waals surface area contributed by atoms with Gasteiger partial charge in [-0.3, -0.25) is 0 Å². The van der Waals surface area contributed by atoms with Gasteiger partial charge in [-0.2, -0.15) is 0 Å². The van der Waals surface area contributed by atoms with Crippen LogP contribution in [-0.2, 0) is 6.54 Å². The van der Waals surface area contributed by atoms with E-state index in [-0.39, 0.29) is 0 Å². The first-order valence-electron chi connectivity index (χ1n) is 7.87. The predicted molar refractivity (Wildman–Crippen MR) is 82.8 cm³/mol. The molecule has 1 aliphatic rings. The van der Waals surface area contributed by atoms with Gasteiger partial charge in [0, 0.05) is 19.3 Å². The Morgan fingerprint density at radius 2 is 2.10 bits per heavy atom. The number of rotatable bonds is 5. The highest BCUT2D eigenvalue weighted by atomic mass is 15.0. The minimum absolute atomic E-state index is 0.550. The molecule has 3 rings (SSSR count). The summed E-state index contributed by atoms with van der Waals surface area (Å²) >= 11 is 0. The highest BCUT2D eigenvalue weighted by molar-refractivity contribution is 5.42. The molecule has 0 radical (unpaired) electrons. The second kappa shape index (κ2) is 5.57. The van der Waals surface area contributed by atoms with Gasteiger partial charge in [0.25, 0.3) is 0 Å². The number of imidazole rings is 1. The summed E-state index contributed by atoms with van der Waals surface area (Å²) in [7, 11) is 0. The molecular weight excluding hydrogens is 246 g/mol. The minimum atomic E-state index is 0.550. The van der Waals surface area contributed by atoms with Crippen molar-refractivity contribution >= 4 is 5.65 Å². The lowest BCUT2D eigenvalue weighted by Crippen LogP contribution is -2.31. The third-order valence-corrected chi connectivity index (χ3v) is 5.04. The molecule has 0 spiro atoms. The van der Waals surface area contributed by atoms with Gasteiger partial charge in [0.2, 0.25) is 0 Å². The summed E-state index contributed by atoms with van der Waals surface area (Å²) in [6.45, 7) is 6.50.